The molecule has 2 atom stereocenters. The fraction of sp³-hybridized carbons (Fsp3) is 0.263. The van der Waals surface area contributed by atoms with Gasteiger partial charge in [0.1, 0.15) is 0 Å². The molecule has 0 spiro atoms. The number of anilines is 2. The van der Waals surface area contributed by atoms with Crippen LogP contribution in [0.25, 0.3) is 0 Å². The maximum absolute atomic E-state index is 13.1. The molecule has 142 valence electrons. The van der Waals surface area contributed by atoms with Crippen LogP contribution in [0.2, 0.25) is 5.02 Å². The number of amides is 2. The van der Waals surface area contributed by atoms with E-state index in [9.17, 15) is 22.8 Å². The van der Waals surface area contributed by atoms with Gasteiger partial charge in [-0.15, -0.1) is 0 Å². The van der Waals surface area contributed by atoms with Crippen molar-refractivity contribution in [3.63, 3.8) is 0 Å². The van der Waals surface area contributed by atoms with Gasteiger partial charge in [0.25, 0.3) is 0 Å². The standard InChI is InChI=1S/C19H16ClF3N2O2/c1-10-2-5-12(6-3-10)24-17(26)13-9-14(13)18(27)25-16-7-4-11(20)8-15(16)19(21,22)23/h2-8,13-14H,9H2,1H3,(H,24,26)(H,25,27). The molecular formula is C19H16ClF3N2O2. The van der Waals surface area contributed by atoms with Crippen molar-refractivity contribution < 1.29 is 22.8 Å². The predicted molar refractivity (Wildman–Crippen MR) is 96.5 cm³/mol. The second-order valence-electron chi connectivity index (χ2n) is 6.48. The molecule has 2 unspecified atom stereocenters. The fourth-order valence-corrected chi connectivity index (χ4v) is 2.90. The van der Waals surface area contributed by atoms with Gasteiger partial charge in [0.05, 0.1) is 23.1 Å². The summed E-state index contributed by atoms with van der Waals surface area (Å²) >= 11 is 5.62. The average Bonchev–Trinajstić information content (AvgIpc) is 3.38. The van der Waals surface area contributed by atoms with E-state index in [1.165, 1.54) is 6.07 Å². The summed E-state index contributed by atoms with van der Waals surface area (Å²) in [6.07, 6.45) is -4.36. The van der Waals surface area contributed by atoms with Gasteiger partial charge in [0, 0.05) is 10.7 Å². The first-order chi connectivity index (χ1) is 12.6. The van der Waals surface area contributed by atoms with E-state index in [1.54, 1.807) is 12.1 Å². The highest BCUT2D eigenvalue weighted by molar-refractivity contribution is 6.30. The molecule has 2 amide bonds. The van der Waals surface area contributed by atoms with Crippen molar-refractivity contribution >= 4 is 34.8 Å². The van der Waals surface area contributed by atoms with Gasteiger partial charge in [-0.05, 0) is 43.7 Å². The fourth-order valence-electron chi connectivity index (χ4n) is 2.73. The molecule has 4 nitrogen and oxygen atoms in total. The number of aryl methyl sites for hydroxylation is 1. The van der Waals surface area contributed by atoms with Crippen molar-refractivity contribution in [3.8, 4) is 0 Å². The van der Waals surface area contributed by atoms with E-state index < -0.39 is 29.5 Å². The largest absolute Gasteiger partial charge is 0.418 e. The second-order valence-corrected chi connectivity index (χ2v) is 6.92. The van der Waals surface area contributed by atoms with Crippen LogP contribution in [0.4, 0.5) is 24.5 Å². The molecule has 2 aromatic carbocycles. The summed E-state index contributed by atoms with van der Waals surface area (Å²) < 4.78 is 39.3. The Balaban J connectivity index is 1.64. The molecule has 0 aromatic heterocycles. The smallest absolute Gasteiger partial charge is 0.326 e. The third kappa shape index (κ3) is 4.60. The number of halogens is 4. The Hall–Kier alpha value is -2.54. The second kappa shape index (κ2) is 7.23. The molecule has 0 aliphatic heterocycles. The van der Waals surface area contributed by atoms with Crippen LogP contribution < -0.4 is 10.6 Å². The van der Waals surface area contributed by atoms with Crippen molar-refractivity contribution in [1.82, 2.24) is 0 Å². The monoisotopic (exact) mass is 396 g/mol. The maximum atomic E-state index is 13.1. The van der Waals surface area contributed by atoms with Crippen molar-refractivity contribution in [2.75, 3.05) is 10.6 Å². The van der Waals surface area contributed by atoms with Gasteiger partial charge < -0.3 is 10.6 Å². The average molecular weight is 397 g/mol. The SMILES string of the molecule is Cc1ccc(NC(=O)C2CC2C(=O)Nc2ccc(Cl)cc2C(F)(F)F)cc1. The number of benzene rings is 2. The lowest BCUT2D eigenvalue weighted by Crippen LogP contribution is -2.22. The summed E-state index contributed by atoms with van der Waals surface area (Å²) in [5, 5.41) is 4.89. The zero-order valence-corrected chi connectivity index (χ0v) is 15.0. The van der Waals surface area contributed by atoms with E-state index in [2.05, 4.69) is 10.6 Å². The molecule has 0 bridgehead atoms. The summed E-state index contributed by atoms with van der Waals surface area (Å²) in [5.41, 5.74) is 0.250. The number of nitrogens with one attached hydrogen (secondary N) is 2. The van der Waals surface area contributed by atoms with Crippen LogP contribution in [-0.4, -0.2) is 11.8 Å². The highest BCUT2D eigenvalue weighted by Gasteiger charge is 2.48. The van der Waals surface area contributed by atoms with E-state index in [0.29, 0.717) is 12.1 Å². The minimum absolute atomic E-state index is 0.0814. The summed E-state index contributed by atoms with van der Waals surface area (Å²) in [5.74, 6) is -2.17. The molecule has 2 aromatic rings. The molecule has 8 heteroatoms. The summed E-state index contributed by atoms with van der Waals surface area (Å²) in [6, 6.07) is 10.3. The topological polar surface area (TPSA) is 58.2 Å². The lowest BCUT2D eigenvalue weighted by atomic mass is 10.1. The normalized spacial score (nSPS) is 18.7. The lowest BCUT2D eigenvalue weighted by molar-refractivity contribution is -0.137. The first-order valence-corrected chi connectivity index (χ1v) is 8.58. The van der Waals surface area contributed by atoms with Crippen LogP contribution >= 0.6 is 11.6 Å². The van der Waals surface area contributed by atoms with Gasteiger partial charge in [0.2, 0.25) is 11.8 Å². The molecular weight excluding hydrogens is 381 g/mol. The zero-order chi connectivity index (χ0) is 19.8. The van der Waals surface area contributed by atoms with Crippen molar-refractivity contribution in [3.05, 3.63) is 58.6 Å². The number of rotatable bonds is 4. The quantitative estimate of drug-likeness (QED) is 0.773. The first-order valence-electron chi connectivity index (χ1n) is 8.20. The molecule has 0 saturated heterocycles. The molecule has 0 heterocycles. The number of alkyl halides is 3. The molecule has 1 saturated carbocycles. The third-order valence-electron chi connectivity index (χ3n) is 4.33. The van der Waals surface area contributed by atoms with Gasteiger partial charge in [-0.1, -0.05) is 29.3 Å². The number of hydrogen-bond donors (Lipinski definition) is 2. The predicted octanol–water partition coefficient (Wildman–Crippen LogP) is 4.88. The Bertz CT molecular complexity index is 882. The van der Waals surface area contributed by atoms with Crippen LogP contribution in [0.15, 0.2) is 42.5 Å². The minimum atomic E-state index is -4.65. The molecule has 1 aliphatic rings. The van der Waals surface area contributed by atoms with Gasteiger partial charge in [-0.25, -0.2) is 0 Å². The van der Waals surface area contributed by atoms with Crippen molar-refractivity contribution in [2.24, 2.45) is 11.8 Å². The Labute approximate surface area is 158 Å². The molecule has 0 radical (unpaired) electrons. The number of carbonyl (C=O) groups is 2. The van der Waals surface area contributed by atoms with Crippen LogP contribution in [0, 0.1) is 18.8 Å². The Morgan fingerprint density at radius 1 is 1.00 bits per heavy atom. The Kier molecular flexibility index (Phi) is 5.15. The summed E-state index contributed by atoms with van der Waals surface area (Å²) in [7, 11) is 0. The van der Waals surface area contributed by atoms with Crippen molar-refractivity contribution in [2.45, 2.75) is 19.5 Å². The van der Waals surface area contributed by atoms with E-state index in [4.69, 9.17) is 11.6 Å². The summed E-state index contributed by atoms with van der Waals surface area (Å²) in [6.45, 7) is 1.92. The molecule has 27 heavy (non-hydrogen) atoms. The minimum Gasteiger partial charge on any atom is -0.326 e. The lowest BCUT2D eigenvalue weighted by Gasteiger charge is -2.14. The van der Waals surface area contributed by atoms with Crippen LogP contribution in [-0.2, 0) is 15.8 Å². The number of carbonyl (C=O) groups excluding carboxylic acids is 2. The van der Waals surface area contributed by atoms with E-state index in [1.807, 2.05) is 19.1 Å². The maximum Gasteiger partial charge on any atom is 0.418 e. The van der Waals surface area contributed by atoms with Gasteiger partial charge >= 0.3 is 6.18 Å². The van der Waals surface area contributed by atoms with E-state index in [0.717, 1.165) is 17.7 Å². The first kappa shape index (κ1) is 19.2. The van der Waals surface area contributed by atoms with Gasteiger partial charge in [-0.2, -0.15) is 13.2 Å². The third-order valence-corrected chi connectivity index (χ3v) is 4.56. The van der Waals surface area contributed by atoms with Gasteiger partial charge in [-0.3, -0.25) is 9.59 Å². The van der Waals surface area contributed by atoms with Crippen LogP contribution in [0.3, 0.4) is 0 Å². The van der Waals surface area contributed by atoms with Gasteiger partial charge in [0.15, 0.2) is 0 Å². The van der Waals surface area contributed by atoms with Crippen LogP contribution in [0.1, 0.15) is 17.5 Å². The molecule has 3 rings (SSSR count). The van der Waals surface area contributed by atoms with E-state index >= 15 is 0 Å². The molecule has 1 fully saturated rings. The highest BCUT2D eigenvalue weighted by atomic mass is 35.5. The number of hydrogen-bond acceptors (Lipinski definition) is 2. The van der Waals surface area contributed by atoms with E-state index in [-0.39, 0.29) is 16.6 Å². The van der Waals surface area contributed by atoms with Crippen molar-refractivity contribution in [1.29, 1.82) is 0 Å². The highest BCUT2D eigenvalue weighted by Crippen LogP contribution is 2.42. The zero-order valence-electron chi connectivity index (χ0n) is 14.2. The Morgan fingerprint density at radius 2 is 1.59 bits per heavy atom. The molecule has 1 aliphatic carbocycles. The molecule has 2 N–H and O–H groups in total. The Morgan fingerprint density at radius 3 is 2.19 bits per heavy atom. The summed E-state index contributed by atoms with van der Waals surface area (Å²) in [4.78, 5) is 24.5. The van der Waals surface area contributed by atoms with Crippen LogP contribution in [0.5, 0.6) is 0 Å².